The van der Waals surface area contributed by atoms with Gasteiger partial charge in [-0.05, 0) is 30.7 Å². The molecule has 1 aromatic carbocycles. The average Bonchev–Trinajstić information content (AvgIpc) is 2.46. The van der Waals surface area contributed by atoms with Crippen LogP contribution < -0.4 is 11.1 Å². The highest BCUT2D eigenvalue weighted by Crippen LogP contribution is 2.22. The lowest BCUT2D eigenvalue weighted by atomic mass is 10.1. The van der Waals surface area contributed by atoms with E-state index in [0.29, 0.717) is 0 Å². The van der Waals surface area contributed by atoms with E-state index in [1.54, 1.807) is 6.20 Å². The summed E-state index contributed by atoms with van der Waals surface area (Å²) in [6.07, 6.45) is 1.64. The van der Waals surface area contributed by atoms with Gasteiger partial charge in [0.25, 0.3) is 11.6 Å². The number of rotatable bonds is 4. The van der Waals surface area contributed by atoms with Crippen LogP contribution in [0, 0.1) is 17.0 Å². The molecule has 1 aromatic heterocycles. The van der Waals surface area contributed by atoms with Crippen LogP contribution in [0.3, 0.4) is 0 Å². The van der Waals surface area contributed by atoms with Gasteiger partial charge in [-0.15, -0.1) is 0 Å². The zero-order valence-corrected chi connectivity index (χ0v) is 11.4. The van der Waals surface area contributed by atoms with E-state index in [2.05, 4.69) is 10.3 Å². The molecule has 2 rings (SSSR count). The zero-order valence-electron chi connectivity index (χ0n) is 11.4. The summed E-state index contributed by atoms with van der Waals surface area (Å²) in [6.45, 7) is 2.15. The van der Waals surface area contributed by atoms with Gasteiger partial charge >= 0.3 is 0 Å². The molecule has 1 amide bonds. The topological polar surface area (TPSA) is 111 Å². The standard InChI is InChI=1S/C14H14N4O3/c1-9-3-2-6-16-12(9)8-17-14(19)10-4-5-11(15)13(7-10)18(20)21/h2-7H,8,15H2,1H3,(H,17,19). The van der Waals surface area contributed by atoms with Gasteiger partial charge in [0.05, 0.1) is 17.2 Å². The number of hydrogen-bond donors (Lipinski definition) is 2. The molecule has 7 nitrogen and oxygen atoms in total. The largest absolute Gasteiger partial charge is 0.393 e. The van der Waals surface area contributed by atoms with Gasteiger partial charge in [-0.2, -0.15) is 0 Å². The quantitative estimate of drug-likeness (QED) is 0.506. The van der Waals surface area contributed by atoms with Crippen molar-refractivity contribution in [2.24, 2.45) is 0 Å². The highest BCUT2D eigenvalue weighted by molar-refractivity contribution is 5.95. The fourth-order valence-corrected chi connectivity index (χ4v) is 1.81. The van der Waals surface area contributed by atoms with Crippen LogP contribution in [0.15, 0.2) is 36.5 Å². The third kappa shape index (κ3) is 3.33. The summed E-state index contributed by atoms with van der Waals surface area (Å²) >= 11 is 0. The number of benzene rings is 1. The number of hydrogen-bond acceptors (Lipinski definition) is 5. The minimum absolute atomic E-state index is 0.0251. The van der Waals surface area contributed by atoms with E-state index in [4.69, 9.17) is 5.73 Å². The molecule has 0 spiro atoms. The SMILES string of the molecule is Cc1cccnc1CNC(=O)c1ccc(N)c([N+](=O)[O-])c1. The number of amides is 1. The Bertz CT molecular complexity index is 700. The number of nitro groups is 1. The second-order valence-electron chi connectivity index (χ2n) is 4.48. The Morgan fingerprint density at radius 1 is 1.43 bits per heavy atom. The van der Waals surface area contributed by atoms with E-state index in [-0.39, 0.29) is 23.5 Å². The molecule has 7 heteroatoms. The fraction of sp³-hybridized carbons (Fsp3) is 0.143. The van der Waals surface area contributed by atoms with Crippen LogP contribution in [0.4, 0.5) is 11.4 Å². The van der Waals surface area contributed by atoms with Gasteiger partial charge in [-0.3, -0.25) is 19.9 Å². The molecule has 0 saturated carbocycles. The lowest BCUT2D eigenvalue weighted by molar-refractivity contribution is -0.383. The molecule has 0 bridgehead atoms. The highest BCUT2D eigenvalue weighted by atomic mass is 16.6. The van der Waals surface area contributed by atoms with Crippen LogP contribution in [0.2, 0.25) is 0 Å². The smallest absolute Gasteiger partial charge is 0.292 e. The van der Waals surface area contributed by atoms with Crippen molar-refractivity contribution in [2.75, 3.05) is 5.73 Å². The van der Waals surface area contributed by atoms with E-state index in [0.717, 1.165) is 17.3 Å². The number of nitrogens with two attached hydrogens (primary N) is 1. The van der Waals surface area contributed by atoms with Gasteiger partial charge in [-0.25, -0.2) is 0 Å². The molecule has 0 aliphatic heterocycles. The molecule has 2 aromatic rings. The van der Waals surface area contributed by atoms with Crippen LogP contribution >= 0.6 is 0 Å². The summed E-state index contributed by atoms with van der Waals surface area (Å²) in [5, 5.41) is 13.5. The molecule has 0 atom stereocenters. The number of anilines is 1. The molecule has 0 radical (unpaired) electrons. The van der Waals surface area contributed by atoms with Gasteiger partial charge < -0.3 is 11.1 Å². The van der Waals surface area contributed by atoms with Gasteiger partial charge in [-0.1, -0.05) is 6.07 Å². The number of pyridine rings is 1. The molecular weight excluding hydrogens is 272 g/mol. The average molecular weight is 286 g/mol. The minimum Gasteiger partial charge on any atom is -0.393 e. The van der Waals surface area contributed by atoms with Crippen molar-refractivity contribution >= 4 is 17.3 Å². The van der Waals surface area contributed by atoms with Crippen molar-refractivity contribution in [2.45, 2.75) is 13.5 Å². The maximum absolute atomic E-state index is 12.0. The highest BCUT2D eigenvalue weighted by Gasteiger charge is 2.15. The Kier molecular flexibility index (Phi) is 4.13. The first-order valence-electron chi connectivity index (χ1n) is 6.21. The number of nitrogen functional groups attached to an aromatic ring is 1. The van der Waals surface area contributed by atoms with E-state index in [1.807, 2.05) is 19.1 Å². The first-order valence-corrected chi connectivity index (χ1v) is 6.21. The number of nitrogens with zero attached hydrogens (tertiary/aromatic N) is 2. The molecule has 0 unspecified atom stereocenters. The Labute approximate surface area is 121 Å². The number of aromatic nitrogens is 1. The minimum atomic E-state index is -0.616. The second-order valence-corrected chi connectivity index (χ2v) is 4.48. The van der Waals surface area contributed by atoms with Gasteiger partial charge in [0.1, 0.15) is 5.69 Å². The second kappa shape index (κ2) is 6.00. The van der Waals surface area contributed by atoms with E-state index in [1.165, 1.54) is 12.1 Å². The maximum Gasteiger partial charge on any atom is 0.292 e. The number of aryl methyl sites for hydroxylation is 1. The molecule has 0 aliphatic rings. The number of carbonyl (C=O) groups is 1. The Hall–Kier alpha value is -2.96. The van der Waals surface area contributed by atoms with Crippen LogP contribution in [-0.4, -0.2) is 15.8 Å². The van der Waals surface area contributed by atoms with Gasteiger partial charge in [0.2, 0.25) is 0 Å². The summed E-state index contributed by atoms with van der Waals surface area (Å²) in [4.78, 5) is 26.4. The maximum atomic E-state index is 12.0. The van der Waals surface area contributed by atoms with Crippen LogP contribution in [-0.2, 0) is 6.54 Å². The summed E-state index contributed by atoms with van der Waals surface area (Å²) in [7, 11) is 0. The number of carbonyl (C=O) groups excluding carboxylic acids is 1. The lowest BCUT2D eigenvalue weighted by Gasteiger charge is -2.07. The predicted molar refractivity (Wildman–Crippen MR) is 77.7 cm³/mol. The molecule has 21 heavy (non-hydrogen) atoms. The fourth-order valence-electron chi connectivity index (χ4n) is 1.81. The molecule has 0 saturated heterocycles. The van der Waals surface area contributed by atoms with E-state index >= 15 is 0 Å². The van der Waals surface area contributed by atoms with Crippen LogP contribution in [0.25, 0.3) is 0 Å². The third-order valence-electron chi connectivity index (χ3n) is 3.02. The Morgan fingerprint density at radius 3 is 2.86 bits per heavy atom. The van der Waals surface area contributed by atoms with Crippen molar-refractivity contribution in [3.8, 4) is 0 Å². The summed E-state index contributed by atoms with van der Waals surface area (Å²) < 4.78 is 0. The first-order chi connectivity index (χ1) is 9.99. The van der Waals surface area contributed by atoms with Gasteiger partial charge in [0, 0.05) is 17.8 Å². The van der Waals surface area contributed by atoms with E-state index < -0.39 is 10.8 Å². The first kappa shape index (κ1) is 14.4. The molecule has 1 heterocycles. The summed E-state index contributed by atoms with van der Waals surface area (Å²) in [6, 6.07) is 7.66. The van der Waals surface area contributed by atoms with Crippen molar-refractivity contribution in [1.82, 2.24) is 10.3 Å². The normalized spacial score (nSPS) is 10.1. The van der Waals surface area contributed by atoms with Crippen LogP contribution in [0.5, 0.6) is 0 Å². The van der Waals surface area contributed by atoms with E-state index in [9.17, 15) is 14.9 Å². The molecular formula is C14H14N4O3. The number of nitro benzene ring substituents is 1. The molecule has 0 aliphatic carbocycles. The molecule has 3 N–H and O–H groups in total. The van der Waals surface area contributed by atoms with Crippen molar-refractivity contribution in [3.05, 3.63) is 63.5 Å². The monoisotopic (exact) mass is 286 g/mol. The van der Waals surface area contributed by atoms with Crippen molar-refractivity contribution < 1.29 is 9.72 Å². The molecule has 0 fully saturated rings. The Balaban J connectivity index is 2.12. The predicted octanol–water partition coefficient (Wildman–Crippen LogP) is 1.81. The summed E-state index contributed by atoms with van der Waals surface area (Å²) in [5.74, 6) is -0.414. The van der Waals surface area contributed by atoms with Gasteiger partial charge in [0.15, 0.2) is 0 Å². The number of nitrogens with one attached hydrogen (secondary N) is 1. The third-order valence-corrected chi connectivity index (χ3v) is 3.02. The van der Waals surface area contributed by atoms with Crippen molar-refractivity contribution in [1.29, 1.82) is 0 Å². The van der Waals surface area contributed by atoms with Crippen molar-refractivity contribution in [3.63, 3.8) is 0 Å². The lowest BCUT2D eigenvalue weighted by Crippen LogP contribution is -2.23. The Morgan fingerprint density at radius 2 is 2.19 bits per heavy atom. The molecule has 108 valence electrons. The zero-order chi connectivity index (χ0) is 15.4. The van der Waals surface area contributed by atoms with Crippen LogP contribution in [0.1, 0.15) is 21.6 Å². The summed E-state index contributed by atoms with van der Waals surface area (Å²) in [5.41, 5.74) is 7.13.